The summed E-state index contributed by atoms with van der Waals surface area (Å²) in [6, 6.07) is 11.8. The van der Waals surface area contributed by atoms with Crippen molar-refractivity contribution in [1.82, 2.24) is 0 Å². The Bertz CT molecular complexity index is 707. The van der Waals surface area contributed by atoms with Crippen molar-refractivity contribution in [3.05, 3.63) is 65.2 Å². The topological polar surface area (TPSA) is 35.5 Å². The van der Waals surface area contributed by atoms with Crippen LogP contribution in [0, 0.1) is 6.92 Å². The Labute approximate surface area is 133 Å². The van der Waals surface area contributed by atoms with Crippen LogP contribution in [0.4, 0.5) is 8.78 Å². The Morgan fingerprint density at radius 3 is 2.39 bits per heavy atom. The number of alkyl halides is 2. The van der Waals surface area contributed by atoms with Crippen LogP contribution in [0.2, 0.25) is 0 Å². The van der Waals surface area contributed by atoms with Crippen molar-refractivity contribution in [1.29, 1.82) is 0 Å². The molecule has 0 unspecified atom stereocenters. The first-order valence-corrected chi connectivity index (χ1v) is 6.91. The van der Waals surface area contributed by atoms with E-state index in [0.29, 0.717) is 5.56 Å². The highest BCUT2D eigenvalue weighted by Crippen LogP contribution is 2.29. The number of halogens is 2. The van der Waals surface area contributed by atoms with Crippen molar-refractivity contribution >= 4 is 11.9 Å². The number of aryl methyl sites for hydroxylation is 1. The second-order valence-electron chi connectivity index (χ2n) is 4.85. The second kappa shape index (κ2) is 7.54. The van der Waals surface area contributed by atoms with Gasteiger partial charge in [-0.05, 0) is 36.8 Å². The van der Waals surface area contributed by atoms with Crippen LogP contribution in [0.5, 0.6) is 11.5 Å². The Hall–Kier alpha value is -2.69. The Kier molecular flexibility index (Phi) is 5.46. The molecule has 23 heavy (non-hydrogen) atoms. The van der Waals surface area contributed by atoms with Gasteiger partial charge in [-0.15, -0.1) is 0 Å². The van der Waals surface area contributed by atoms with Gasteiger partial charge in [-0.1, -0.05) is 35.9 Å². The monoisotopic (exact) mass is 318 g/mol. The van der Waals surface area contributed by atoms with E-state index < -0.39 is 6.61 Å². The number of hydrogen-bond donors (Lipinski definition) is 0. The Morgan fingerprint density at radius 1 is 1.09 bits per heavy atom. The lowest BCUT2D eigenvalue weighted by Gasteiger charge is -2.10. The van der Waals surface area contributed by atoms with Gasteiger partial charge in [0.15, 0.2) is 17.3 Å². The maximum atomic E-state index is 12.3. The molecule has 0 atom stereocenters. The van der Waals surface area contributed by atoms with E-state index in [-0.39, 0.29) is 17.3 Å². The van der Waals surface area contributed by atoms with Crippen LogP contribution in [0.1, 0.15) is 21.5 Å². The molecule has 0 fully saturated rings. The van der Waals surface area contributed by atoms with E-state index in [1.807, 2.05) is 31.2 Å². The quantitative estimate of drug-likeness (QED) is 0.581. The molecule has 0 aliphatic heterocycles. The van der Waals surface area contributed by atoms with Crippen molar-refractivity contribution in [2.75, 3.05) is 7.11 Å². The molecule has 2 aromatic carbocycles. The van der Waals surface area contributed by atoms with Gasteiger partial charge in [-0.3, -0.25) is 4.79 Å². The SMILES string of the molecule is COc1cc(C(=O)/C=C/c2ccc(C)cc2)ccc1OC(F)F. The molecule has 0 spiro atoms. The number of ether oxygens (including phenoxy) is 2. The molecule has 0 amide bonds. The first-order valence-electron chi connectivity index (χ1n) is 6.91. The normalized spacial score (nSPS) is 11.0. The first-order chi connectivity index (χ1) is 11.0. The van der Waals surface area contributed by atoms with E-state index in [1.54, 1.807) is 6.08 Å². The van der Waals surface area contributed by atoms with E-state index in [4.69, 9.17) is 4.74 Å². The van der Waals surface area contributed by atoms with Crippen molar-refractivity contribution < 1.29 is 23.0 Å². The van der Waals surface area contributed by atoms with Crippen LogP contribution in [0.3, 0.4) is 0 Å². The van der Waals surface area contributed by atoms with Crippen molar-refractivity contribution in [2.24, 2.45) is 0 Å². The van der Waals surface area contributed by atoms with Gasteiger partial charge in [-0.25, -0.2) is 0 Å². The predicted octanol–water partition coefficient (Wildman–Crippen LogP) is 4.50. The lowest BCUT2D eigenvalue weighted by molar-refractivity contribution is -0.0512. The standard InChI is InChI=1S/C18H16F2O3/c1-12-3-5-13(6-4-12)7-9-15(21)14-8-10-16(23-18(19)20)17(11-14)22-2/h3-11,18H,1-2H3/b9-7+. The molecule has 2 rings (SSSR count). The number of hydrogen-bond acceptors (Lipinski definition) is 3. The molecule has 3 nitrogen and oxygen atoms in total. The molecule has 0 aliphatic rings. The molecule has 5 heteroatoms. The van der Waals surface area contributed by atoms with Crippen LogP contribution in [-0.4, -0.2) is 19.5 Å². The average Bonchev–Trinajstić information content (AvgIpc) is 2.54. The van der Waals surface area contributed by atoms with E-state index in [2.05, 4.69) is 4.74 Å². The summed E-state index contributed by atoms with van der Waals surface area (Å²) in [5, 5.41) is 0. The van der Waals surface area contributed by atoms with Crippen molar-refractivity contribution in [3.8, 4) is 11.5 Å². The minimum absolute atomic E-state index is 0.0832. The van der Waals surface area contributed by atoms with Gasteiger partial charge in [0, 0.05) is 5.56 Å². The van der Waals surface area contributed by atoms with Crippen LogP contribution in [0.25, 0.3) is 6.08 Å². The van der Waals surface area contributed by atoms with E-state index in [9.17, 15) is 13.6 Å². The third kappa shape index (κ3) is 4.64. The van der Waals surface area contributed by atoms with E-state index in [0.717, 1.165) is 11.1 Å². The molecule has 0 aromatic heterocycles. The second-order valence-corrected chi connectivity index (χ2v) is 4.85. The minimum atomic E-state index is -2.95. The van der Waals surface area contributed by atoms with Crippen LogP contribution in [0.15, 0.2) is 48.5 Å². The molecule has 2 aromatic rings. The molecule has 0 heterocycles. The predicted molar refractivity (Wildman–Crippen MR) is 84.2 cm³/mol. The molecule has 120 valence electrons. The summed E-state index contributed by atoms with van der Waals surface area (Å²) < 4.78 is 33.9. The molecule has 0 bridgehead atoms. The number of benzene rings is 2. The number of ketones is 1. The summed E-state index contributed by atoms with van der Waals surface area (Å²) in [5.41, 5.74) is 2.35. The summed E-state index contributed by atoms with van der Waals surface area (Å²) in [6.45, 7) is -0.972. The summed E-state index contributed by atoms with van der Waals surface area (Å²) in [7, 11) is 1.32. The molecule has 0 saturated carbocycles. The first kappa shape index (κ1) is 16.7. The zero-order valence-corrected chi connectivity index (χ0v) is 12.8. The zero-order chi connectivity index (χ0) is 16.8. The summed E-state index contributed by atoms with van der Waals surface area (Å²) in [4.78, 5) is 12.2. The molecular weight excluding hydrogens is 302 g/mol. The average molecular weight is 318 g/mol. The van der Waals surface area contributed by atoms with E-state index >= 15 is 0 Å². The fourth-order valence-corrected chi connectivity index (χ4v) is 1.96. The summed E-state index contributed by atoms with van der Waals surface area (Å²) >= 11 is 0. The molecule has 0 saturated heterocycles. The van der Waals surface area contributed by atoms with Crippen molar-refractivity contribution in [2.45, 2.75) is 13.5 Å². The van der Waals surface area contributed by atoms with Gasteiger partial charge < -0.3 is 9.47 Å². The zero-order valence-electron chi connectivity index (χ0n) is 12.8. The minimum Gasteiger partial charge on any atom is -0.493 e. The summed E-state index contributed by atoms with van der Waals surface area (Å²) in [6.07, 6.45) is 3.12. The highest BCUT2D eigenvalue weighted by Gasteiger charge is 2.13. The highest BCUT2D eigenvalue weighted by molar-refractivity contribution is 6.07. The number of carbonyl (C=O) groups is 1. The van der Waals surface area contributed by atoms with Gasteiger partial charge in [-0.2, -0.15) is 8.78 Å². The fraction of sp³-hybridized carbons (Fsp3) is 0.167. The highest BCUT2D eigenvalue weighted by atomic mass is 19.3. The lowest BCUT2D eigenvalue weighted by atomic mass is 10.1. The van der Waals surface area contributed by atoms with Gasteiger partial charge in [0.1, 0.15) is 0 Å². The van der Waals surface area contributed by atoms with Gasteiger partial charge in [0.2, 0.25) is 0 Å². The van der Waals surface area contributed by atoms with Gasteiger partial charge >= 0.3 is 6.61 Å². The Balaban J connectivity index is 2.17. The van der Waals surface area contributed by atoms with Crippen molar-refractivity contribution in [3.63, 3.8) is 0 Å². The van der Waals surface area contributed by atoms with Crippen LogP contribution in [-0.2, 0) is 0 Å². The smallest absolute Gasteiger partial charge is 0.387 e. The molecule has 0 aliphatic carbocycles. The molecular formula is C18H16F2O3. The van der Waals surface area contributed by atoms with Crippen LogP contribution < -0.4 is 9.47 Å². The van der Waals surface area contributed by atoms with Gasteiger partial charge in [0.05, 0.1) is 7.11 Å². The van der Waals surface area contributed by atoms with Crippen LogP contribution >= 0.6 is 0 Å². The third-order valence-corrected chi connectivity index (χ3v) is 3.17. The fourth-order valence-electron chi connectivity index (χ4n) is 1.96. The molecule has 0 radical (unpaired) electrons. The lowest BCUT2D eigenvalue weighted by Crippen LogP contribution is -2.04. The third-order valence-electron chi connectivity index (χ3n) is 3.17. The maximum Gasteiger partial charge on any atom is 0.387 e. The Morgan fingerprint density at radius 2 is 1.78 bits per heavy atom. The largest absolute Gasteiger partial charge is 0.493 e. The number of allylic oxidation sites excluding steroid dienone is 1. The number of rotatable bonds is 6. The number of methoxy groups -OCH3 is 1. The van der Waals surface area contributed by atoms with E-state index in [1.165, 1.54) is 31.4 Å². The summed E-state index contributed by atoms with van der Waals surface area (Å²) in [5.74, 6) is -0.283. The maximum absolute atomic E-state index is 12.3. The van der Waals surface area contributed by atoms with Gasteiger partial charge in [0.25, 0.3) is 0 Å². The molecule has 0 N–H and O–H groups in total. The number of carbonyl (C=O) groups excluding carboxylic acids is 1.